The minimum Gasteiger partial charge on any atom is -0.388 e. The molecule has 0 aliphatic carbocycles. The lowest BCUT2D eigenvalue weighted by molar-refractivity contribution is -0.135. The number of aliphatic hydroxyl groups is 1. The van der Waals surface area contributed by atoms with Crippen molar-refractivity contribution < 1.29 is 14.7 Å². The third kappa shape index (κ3) is 5.04. The van der Waals surface area contributed by atoms with E-state index in [0.717, 1.165) is 19.3 Å². The minimum absolute atomic E-state index is 0.0601. The van der Waals surface area contributed by atoms with Crippen molar-refractivity contribution in [2.75, 3.05) is 19.6 Å². The number of rotatable bonds is 5. The standard InChI is InChI=1S/C13H24N2O3/c1-3-13(2,18)10-14-11(16)9-15-8-6-4-5-7-12(15)17/h18H,3-10H2,1-2H3,(H,14,16). The molecule has 1 heterocycles. The van der Waals surface area contributed by atoms with Gasteiger partial charge in [-0.1, -0.05) is 13.3 Å². The summed E-state index contributed by atoms with van der Waals surface area (Å²) in [5.41, 5.74) is -0.877. The molecule has 0 radical (unpaired) electrons. The Morgan fingerprint density at radius 2 is 2.17 bits per heavy atom. The maximum Gasteiger partial charge on any atom is 0.239 e. The molecule has 18 heavy (non-hydrogen) atoms. The first-order chi connectivity index (χ1) is 8.44. The van der Waals surface area contributed by atoms with Crippen molar-refractivity contribution >= 4 is 11.8 Å². The molecule has 0 saturated carbocycles. The van der Waals surface area contributed by atoms with E-state index in [1.807, 2.05) is 6.92 Å². The molecule has 1 aliphatic rings. The fraction of sp³-hybridized carbons (Fsp3) is 0.846. The van der Waals surface area contributed by atoms with Crippen LogP contribution in [-0.2, 0) is 9.59 Å². The largest absolute Gasteiger partial charge is 0.388 e. The third-order valence-electron chi connectivity index (χ3n) is 3.43. The lowest BCUT2D eigenvalue weighted by Gasteiger charge is -2.24. The third-order valence-corrected chi connectivity index (χ3v) is 3.43. The van der Waals surface area contributed by atoms with Gasteiger partial charge in [0, 0.05) is 19.5 Å². The highest BCUT2D eigenvalue weighted by Crippen LogP contribution is 2.11. The maximum absolute atomic E-state index is 11.7. The normalized spacial score (nSPS) is 20.2. The molecule has 104 valence electrons. The van der Waals surface area contributed by atoms with E-state index >= 15 is 0 Å². The van der Waals surface area contributed by atoms with E-state index in [1.165, 1.54) is 0 Å². The summed E-state index contributed by atoms with van der Waals surface area (Å²) >= 11 is 0. The van der Waals surface area contributed by atoms with Crippen LogP contribution in [0.4, 0.5) is 0 Å². The van der Waals surface area contributed by atoms with Gasteiger partial charge in [0.2, 0.25) is 11.8 Å². The van der Waals surface area contributed by atoms with Gasteiger partial charge in [0.25, 0.3) is 0 Å². The van der Waals surface area contributed by atoms with Gasteiger partial charge in [-0.25, -0.2) is 0 Å². The topological polar surface area (TPSA) is 69.6 Å². The zero-order valence-corrected chi connectivity index (χ0v) is 11.4. The average molecular weight is 256 g/mol. The Morgan fingerprint density at radius 1 is 1.44 bits per heavy atom. The Bertz CT molecular complexity index is 303. The Kier molecular flexibility index (Phi) is 5.59. The van der Waals surface area contributed by atoms with E-state index < -0.39 is 5.60 Å². The van der Waals surface area contributed by atoms with Crippen LogP contribution in [0.15, 0.2) is 0 Å². The van der Waals surface area contributed by atoms with Gasteiger partial charge in [0.05, 0.1) is 12.1 Å². The van der Waals surface area contributed by atoms with Crippen LogP contribution < -0.4 is 5.32 Å². The SMILES string of the molecule is CCC(C)(O)CNC(=O)CN1CCCCCC1=O. The summed E-state index contributed by atoms with van der Waals surface area (Å²) in [4.78, 5) is 25.0. The van der Waals surface area contributed by atoms with E-state index in [0.29, 0.717) is 19.4 Å². The number of hydrogen-bond donors (Lipinski definition) is 2. The van der Waals surface area contributed by atoms with Gasteiger partial charge in [-0.3, -0.25) is 9.59 Å². The van der Waals surface area contributed by atoms with Gasteiger partial charge in [-0.15, -0.1) is 0 Å². The molecule has 1 saturated heterocycles. The van der Waals surface area contributed by atoms with Crippen molar-refractivity contribution in [3.8, 4) is 0 Å². The van der Waals surface area contributed by atoms with Crippen molar-refractivity contribution in [1.82, 2.24) is 10.2 Å². The number of amides is 2. The zero-order valence-electron chi connectivity index (χ0n) is 11.4. The van der Waals surface area contributed by atoms with Crippen molar-refractivity contribution in [2.24, 2.45) is 0 Å². The summed E-state index contributed by atoms with van der Waals surface area (Å²) in [6.45, 7) is 4.55. The second-order valence-corrected chi connectivity index (χ2v) is 5.25. The molecular formula is C13H24N2O3. The van der Waals surface area contributed by atoms with Gasteiger partial charge >= 0.3 is 0 Å². The Hall–Kier alpha value is -1.10. The molecule has 1 rings (SSSR count). The predicted octanol–water partition coefficient (Wildman–Crippen LogP) is 0.666. The number of carbonyl (C=O) groups excluding carboxylic acids is 2. The predicted molar refractivity (Wildman–Crippen MR) is 69.0 cm³/mol. The van der Waals surface area contributed by atoms with Crippen molar-refractivity contribution in [3.05, 3.63) is 0 Å². The fourth-order valence-corrected chi connectivity index (χ4v) is 1.85. The van der Waals surface area contributed by atoms with Crippen LogP contribution in [-0.4, -0.2) is 47.1 Å². The average Bonchev–Trinajstić information content (AvgIpc) is 2.53. The first-order valence-corrected chi connectivity index (χ1v) is 6.71. The van der Waals surface area contributed by atoms with Crippen LogP contribution in [0.3, 0.4) is 0 Å². The molecule has 2 amide bonds. The number of carbonyl (C=O) groups is 2. The van der Waals surface area contributed by atoms with Crippen molar-refractivity contribution in [3.63, 3.8) is 0 Å². The van der Waals surface area contributed by atoms with E-state index in [1.54, 1.807) is 11.8 Å². The maximum atomic E-state index is 11.7. The summed E-state index contributed by atoms with van der Waals surface area (Å²) in [7, 11) is 0. The molecule has 0 bridgehead atoms. The fourth-order valence-electron chi connectivity index (χ4n) is 1.85. The summed E-state index contributed by atoms with van der Waals surface area (Å²) in [6.07, 6.45) is 4.05. The van der Waals surface area contributed by atoms with Crippen molar-refractivity contribution in [2.45, 2.75) is 51.6 Å². The quantitative estimate of drug-likeness (QED) is 0.759. The Morgan fingerprint density at radius 3 is 2.83 bits per heavy atom. The van der Waals surface area contributed by atoms with E-state index in [-0.39, 0.29) is 24.9 Å². The number of nitrogens with zero attached hydrogens (tertiary/aromatic N) is 1. The highest BCUT2D eigenvalue weighted by Gasteiger charge is 2.21. The van der Waals surface area contributed by atoms with Gasteiger partial charge in [0.1, 0.15) is 0 Å². The minimum atomic E-state index is -0.877. The smallest absolute Gasteiger partial charge is 0.239 e. The molecule has 2 N–H and O–H groups in total. The van der Waals surface area contributed by atoms with E-state index in [4.69, 9.17) is 0 Å². The van der Waals surface area contributed by atoms with Gasteiger partial charge < -0.3 is 15.3 Å². The highest BCUT2D eigenvalue weighted by atomic mass is 16.3. The van der Waals surface area contributed by atoms with Crippen LogP contribution in [0.5, 0.6) is 0 Å². The van der Waals surface area contributed by atoms with E-state index in [9.17, 15) is 14.7 Å². The monoisotopic (exact) mass is 256 g/mol. The molecule has 0 aromatic heterocycles. The number of hydrogen-bond acceptors (Lipinski definition) is 3. The molecule has 5 nitrogen and oxygen atoms in total. The first-order valence-electron chi connectivity index (χ1n) is 6.71. The Balaban J connectivity index is 2.37. The van der Waals surface area contributed by atoms with Crippen molar-refractivity contribution in [1.29, 1.82) is 0 Å². The van der Waals surface area contributed by atoms with Gasteiger partial charge in [-0.05, 0) is 26.2 Å². The summed E-state index contributed by atoms with van der Waals surface area (Å²) < 4.78 is 0. The van der Waals surface area contributed by atoms with Crippen LogP contribution in [0, 0.1) is 0 Å². The lowest BCUT2D eigenvalue weighted by Crippen LogP contribution is -2.45. The van der Waals surface area contributed by atoms with Crippen LogP contribution >= 0.6 is 0 Å². The summed E-state index contributed by atoms with van der Waals surface area (Å²) in [5, 5.41) is 12.5. The van der Waals surface area contributed by atoms with Gasteiger partial charge in [0.15, 0.2) is 0 Å². The summed E-state index contributed by atoms with van der Waals surface area (Å²) in [6, 6.07) is 0. The second kappa shape index (κ2) is 6.73. The molecule has 1 fully saturated rings. The first kappa shape index (κ1) is 15.0. The zero-order chi connectivity index (χ0) is 13.6. The van der Waals surface area contributed by atoms with Crippen LogP contribution in [0.1, 0.15) is 46.0 Å². The number of nitrogens with one attached hydrogen (secondary N) is 1. The molecule has 1 unspecified atom stereocenters. The van der Waals surface area contributed by atoms with Gasteiger partial charge in [-0.2, -0.15) is 0 Å². The molecule has 0 aromatic carbocycles. The lowest BCUT2D eigenvalue weighted by atomic mass is 10.0. The van der Waals surface area contributed by atoms with Crippen LogP contribution in [0.2, 0.25) is 0 Å². The molecule has 0 spiro atoms. The molecule has 0 aromatic rings. The van der Waals surface area contributed by atoms with E-state index in [2.05, 4.69) is 5.32 Å². The summed E-state index contributed by atoms with van der Waals surface area (Å²) in [5.74, 6) is -0.135. The molecule has 1 aliphatic heterocycles. The number of likely N-dealkylation sites (tertiary alicyclic amines) is 1. The highest BCUT2D eigenvalue weighted by molar-refractivity contribution is 5.84. The second-order valence-electron chi connectivity index (χ2n) is 5.25. The molecule has 1 atom stereocenters. The van der Waals surface area contributed by atoms with Crippen LogP contribution in [0.25, 0.3) is 0 Å². The molecule has 5 heteroatoms. The Labute approximate surface area is 109 Å². The molecular weight excluding hydrogens is 232 g/mol.